The Labute approximate surface area is 164 Å². The molecule has 0 saturated carbocycles. The molecule has 0 amide bonds. The lowest BCUT2D eigenvalue weighted by Crippen LogP contribution is -2.26. The van der Waals surface area contributed by atoms with Crippen molar-refractivity contribution in [2.24, 2.45) is 11.8 Å². The molecule has 0 saturated heterocycles. The number of unbranched alkanes of at least 4 members (excludes halogenated alkanes) is 4. The van der Waals surface area contributed by atoms with Crippen molar-refractivity contribution >= 4 is 11.9 Å². The van der Waals surface area contributed by atoms with E-state index in [2.05, 4.69) is 27.7 Å². The molecule has 0 aromatic heterocycles. The number of carboxylic acids is 1. The van der Waals surface area contributed by atoms with E-state index in [0.717, 1.165) is 31.6 Å². The minimum absolute atomic E-state index is 0.00412. The molecule has 2 atom stereocenters. The van der Waals surface area contributed by atoms with Gasteiger partial charge in [-0.1, -0.05) is 78.4 Å². The normalized spacial score (nSPS) is 13.4. The molecule has 0 aliphatic carbocycles. The molecule has 0 radical (unpaired) electrons. The molecule has 0 bridgehead atoms. The van der Waals surface area contributed by atoms with Crippen molar-refractivity contribution in [2.45, 2.75) is 85.2 Å². The summed E-state index contributed by atoms with van der Waals surface area (Å²) in [5, 5.41) is 9.27. The number of hydrogen-bond donors (Lipinski definition) is 1. The van der Waals surface area contributed by atoms with Crippen LogP contribution >= 0.6 is 0 Å². The first-order chi connectivity index (χ1) is 12.9. The summed E-state index contributed by atoms with van der Waals surface area (Å²) < 4.78 is 5.74. The van der Waals surface area contributed by atoms with Gasteiger partial charge in [0.1, 0.15) is 6.10 Å². The fourth-order valence-electron chi connectivity index (χ4n) is 3.20. The highest BCUT2D eigenvalue weighted by molar-refractivity contribution is 6.02. The van der Waals surface area contributed by atoms with Crippen molar-refractivity contribution in [3.8, 4) is 0 Å². The van der Waals surface area contributed by atoms with Gasteiger partial charge in [0.05, 0.1) is 11.1 Å². The highest BCUT2D eigenvalue weighted by Crippen LogP contribution is 2.22. The van der Waals surface area contributed by atoms with Crippen molar-refractivity contribution in [3.63, 3.8) is 0 Å². The Kier molecular flexibility index (Phi) is 10.8. The molecule has 152 valence electrons. The van der Waals surface area contributed by atoms with Crippen molar-refractivity contribution in [1.29, 1.82) is 0 Å². The zero-order valence-corrected chi connectivity index (χ0v) is 17.4. The third kappa shape index (κ3) is 8.59. The number of carbonyl (C=O) groups excluding carboxylic acids is 1. The Hall–Kier alpha value is -1.84. The average molecular weight is 377 g/mol. The number of benzene rings is 1. The molecule has 1 rings (SSSR count). The van der Waals surface area contributed by atoms with E-state index in [4.69, 9.17) is 4.74 Å². The lowest BCUT2D eigenvalue weighted by atomic mass is 9.95. The fraction of sp³-hybridized carbons (Fsp3) is 0.652. The van der Waals surface area contributed by atoms with Gasteiger partial charge >= 0.3 is 11.9 Å². The maximum atomic E-state index is 12.6. The van der Waals surface area contributed by atoms with Crippen LogP contribution < -0.4 is 0 Å². The predicted molar refractivity (Wildman–Crippen MR) is 109 cm³/mol. The molecule has 0 aliphatic rings. The summed E-state index contributed by atoms with van der Waals surface area (Å²) in [6, 6.07) is 6.24. The van der Waals surface area contributed by atoms with Crippen LogP contribution in [0.4, 0.5) is 0 Å². The third-order valence-electron chi connectivity index (χ3n) is 5.18. The number of ether oxygens (including phenoxy) is 1. The topological polar surface area (TPSA) is 63.6 Å². The minimum atomic E-state index is -1.11. The maximum absolute atomic E-state index is 12.6. The van der Waals surface area contributed by atoms with Gasteiger partial charge in [-0.05, 0) is 36.8 Å². The maximum Gasteiger partial charge on any atom is 0.339 e. The summed E-state index contributed by atoms with van der Waals surface area (Å²) in [4.78, 5) is 23.9. The van der Waals surface area contributed by atoms with Crippen LogP contribution in [0.2, 0.25) is 0 Å². The lowest BCUT2D eigenvalue weighted by Gasteiger charge is -2.23. The van der Waals surface area contributed by atoms with Gasteiger partial charge in [-0.15, -0.1) is 0 Å². The van der Waals surface area contributed by atoms with Crippen LogP contribution in [0.3, 0.4) is 0 Å². The van der Waals surface area contributed by atoms with Crippen LogP contribution in [0.25, 0.3) is 0 Å². The molecule has 27 heavy (non-hydrogen) atoms. The van der Waals surface area contributed by atoms with Crippen LogP contribution in [-0.4, -0.2) is 23.1 Å². The fourth-order valence-corrected chi connectivity index (χ4v) is 3.20. The second-order valence-electron chi connectivity index (χ2n) is 7.92. The van der Waals surface area contributed by atoms with E-state index < -0.39 is 11.9 Å². The quantitative estimate of drug-likeness (QED) is 0.322. The summed E-state index contributed by atoms with van der Waals surface area (Å²) in [7, 11) is 0. The molecule has 0 spiro atoms. The summed E-state index contributed by atoms with van der Waals surface area (Å²) in [6.07, 6.45) is 8.82. The summed E-state index contributed by atoms with van der Waals surface area (Å²) in [5.41, 5.74) is 0.127. The minimum Gasteiger partial charge on any atom is -0.478 e. The molecule has 0 heterocycles. The van der Waals surface area contributed by atoms with Gasteiger partial charge in [0.25, 0.3) is 0 Å². The van der Waals surface area contributed by atoms with Crippen molar-refractivity contribution < 1.29 is 19.4 Å². The number of carboxylic acid groups (broad SMARTS) is 1. The molecule has 0 fully saturated rings. The van der Waals surface area contributed by atoms with E-state index in [9.17, 15) is 14.7 Å². The van der Waals surface area contributed by atoms with Gasteiger partial charge in [0.15, 0.2) is 0 Å². The zero-order valence-electron chi connectivity index (χ0n) is 17.4. The molecule has 1 aromatic carbocycles. The third-order valence-corrected chi connectivity index (χ3v) is 5.18. The van der Waals surface area contributed by atoms with Crippen molar-refractivity contribution in [3.05, 3.63) is 35.4 Å². The van der Waals surface area contributed by atoms with E-state index in [0.29, 0.717) is 0 Å². The van der Waals surface area contributed by atoms with Gasteiger partial charge in [-0.2, -0.15) is 0 Å². The van der Waals surface area contributed by atoms with Crippen LogP contribution in [0.5, 0.6) is 0 Å². The number of carbonyl (C=O) groups is 2. The number of rotatable bonds is 13. The molecular weight excluding hydrogens is 340 g/mol. The molecule has 0 aliphatic heterocycles. The standard InChI is InChI=1S/C23H36O4/c1-5-18(4)21(16-10-8-6-7-9-13-17(2)3)27-23(26)20-15-12-11-14-19(20)22(24)25/h11-12,14-15,17-18,21H,5-10,13,16H2,1-4H3,(H,24,25). The van der Waals surface area contributed by atoms with E-state index in [1.165, 1.54) is 37.8 Å². The lowest BCUT2D eigenvalue weighted by molar-refractivity contribution is 0.0119. The molecule has 1 aromatic rings. The summed E-state index contributed by atoms with van der Waals surface area (Å²) >= 11 is 0. The molecule has 4 nitrogen and oxygen atoms in total. The van der Waals surface area contributed by atoms with E-state index in [1.54, 1.807) is 12.1 Å². The molecule has 1 N–H and O–H groups in total. The smallest absolute Gasteiger partial charge is 0.339 e. The van der Waals surface area contributed by atoms with E-state index in [-0.39, 0.29) is 23.1 Å². The Morgan fingerprint density at radius 3 is 2.04 bits per heavy atom. The Balaban J connectivity index is 2.55. The van der Waals surface area contributed by atoms with Gasteiger partial charge in [-0.25, -0.2) is 9.59 Å². The first-order valence-electron chi connectivity index (χ1n) is 10.4. The Morgan fingerprint density at radius 1 is 0.926 bits per heavy atom. The molecule has 2 unspecified atom stereocenters. The molecular formula is C23H36O4. The second kappa shape index (κ2) is 12.5. The summed E-state index contributed by atoms with van der Waals surface area (Å²) in [6.45, 7) is 8.69. The van der Waals surface area contributed by atoms with Crippen LogP contribution in [0, 0.1) is 11.8 Å². The highest BCUT2D eigenvalue weighted by atomic mass is 16.5. The molecule has 4 heteroatoms. The van der Waals surface area contributed by atoms with Crippen molar-refractivity contribution in [2.75, 3.05) is 0 Å². The van der Waals surface area contributed by atoms with Gasteiger partial charge in [0.2, 0.25) is 0 Å². The Morgan fingerprint density at radius 2 is 1.48 bits per heavy atom. The van der Waals surface area contributed by atoms with Crippen LogP contribution in [-0.2, 0) is 4.74 Å². The largest absolute Gasteiger partial charge is 0.478 e. The first kappa shape index (κ1) is 23.2. The number of hydrogen-bond acceptors (Lipinski definition) is 3. The zero-order chi connectivity index (χ0) is 20.2. The van der Waals surface area contributed by atoms with Crippen molar-refractivity contribution in [1.82, 2.24) is 0 Å². The van der Waals surface area contributed by atoms with Crippen LogP contribution in [0.15, 0.2) is 24.3 Å². The highest BCUT2D eigenvalue weighted by Gasteiger charge is 2.23. The first-order valence-corrected chi connectivity index (χ1v) is 10.4. The number of aromatic carboxylic acids is 1. The van der Waals surface area contributed by atoms with Crippen LogP contribution in [0.1, 0.15) is 99.8 Å². The van der Waals surface area contributed by atoms with E-state index >= 15 is 0 Å². The van der Waals surface area contributed by atoms with Gasteiger partial charge in [0, 0.05) is 0 Å². The monoisotopic (exact) mass is 376 g/mol. The Bertz CT molecular complexity index is 579. The van der Waals surface area contributed by atoms with Gasteiger partial charge in [-0.3, -0.25) is 0 Å². The predicted octanol–water partition coefficient (Wildman–Crippen LogP) is 6.34. The van der Waals surface area contributed by atoms with E-state index in [1.807, 2.05) is 0 Å². The summed E-state index contributed by atoms with van der Waals surface area (Å²) in [5.74, 6) is -0.612. The SMILES string of the molecule is CCC(C)C(CCCCCCCC(C)C)OC(=O)c1ccccc1C(=O)O. The average Bonchev–Trinajstić information content (AvgIpc) is 2.65. The van der Waals surface area contributed by atoms with Gasteiger partial charge < -0.3 is 9.84 Å². The second-order valence-corrected chi connectivity index (χ2v) is 7.92. The number of esters is 1.